The Morgan fingerprint density at radius 2 is 2.41 bits per heavy atom. The molecule has 94 valence electrons. The lowest BCUT2D eigenvalue weighted by Gasteiger charge is -2.18. The fraction of sp³-hybridized carbons (Fsp3) is 0.615. The summed E-state index contributed by atoms with van der Waals surface area (Å²) in [7, 11) is 1.88. The van der Waals surface area contributed by atoms with Gasteiger partial charge in [-0.2, -0.15) is 0 Å². The molecule has 0 saturated carbocycles. The van der Waals surface area contributed by atoms with E-state index in [0.717, 1.165) is 37.5 Å². The van der Waals surface area contributed by atoms with E-state index < -0.39 is 0 Å². The molecule has 4 heteroatoms. The summed E-state index contributed by atoms with van der Waals surface area (Å²) in [5.74, 6) is 1.52. The van der Waals surface area contributed by atoms with Crippen LogP contribution in [-0.2, 0) is 4.74 Å². The van der Waals surface area contributed by atoms with Gasteiger partial charge in [0.1, 0.15) is 5.82 Å². The van der Waals surface area contributed by atoms with Crippen LogP contribution >= 0.6 is 0 Å². The molecule has 17 heavy (non-hydrogen) atoms. The van der Waals surface area contributed by atoms with Crippen LogP contribution in [-0.4, -0.2) is 31.3 Å². The zero-order valence-corrected chi connectivity index (χ0v) is 10.6. The molecule has 1 aromatic rings. The van der Waals surface area contributed by atoms with Crippen molar-refractivity contribution in [3.05, 3.63) is 18.3 Å². The van der Waals surface area contributed by atoms with E-state index in [-0.39, 0.29) is 0 Å². The zero-order chi connectivity index (χ0) is 12.1. The molecule has 1 aliphatic rings. The van der Waals surface area contributed by atoms with Gasteiger partial charge in [-0.05, 0) is 18.9 Å². The minimum atomic E-state index is 0.424. The second-order valence-corrected chi connectivity index (χ2v) is 4.43. The minimum Gasteiger partial charge on any atom is -0.385 e. The molecule has 0 spiro atoms. The minimum absolute atomic E-state index is 0.424. The van der Waals surface area contributed by atoms with Gasteiger partial charge in [-0.25, -0.2) is 4.98 Å². The Hall–Kier alpha value is -1.29. The Labute approximate surface area is 103 Å². The summed E-state index contributed by atoms with van der Waals surface area (Å²) in [4.78, 5) is 4.19. The average Bonchev–Trinajstić information content (AvgIpc) is 2.84. The number of nitrogens with one attached hydrogen (secondary N) is 2. The molecule has 1 saturated heterocycles. The largest absolute Gasteiger partial charge is 0.385 e. The van der Waals surface area contributed by atoms with Gasteiger partial charge in [0.2, 0.25) is 0 Å². The molecule has 0 bridgehead atoms. The van der Waals surface area contributed by atoms with Crippen LogP contribution in [0.5, 0.6) is 0 Å². The van der Waals surface area contributed by atoms with Gasteiger partial charge in [0.05, 0.1) is 6.10 Å². The first-order valence-electron chi connectivity index (χ1n) is 6.32. The van der Waals surface area contributed by atoms with E-state index in [1.54, 1.807) is 0 Å². The number of hydrogen-bond acceptors (Lipinski definition) is 4. The average molecular weight is 235 g/mol. The summed E-state index contributed by atoms with van der Waals surface area (Å²) in [6.45, 7) is 4.07. The third-order valence-electron chi connectivity index (χ3n) is 3.33. The molecule has 2 rings (SSSR count). The van der Waals surface area contributed by atoms with Crippen LogP contribution < -0.4 is 10.6 Å². The highest BCUT2D eigenvalue weighted by molar-refractivity contribution is 5.51. The lowest BCUT2D eigenvalue weighted by molar-refractivity contribution is 0.0900. The highest BCUT2D eigenvalue weighted by Gasteiger charge is 2.26. The zero-order valence-electron chi connectivity index (χ0n) is 10.6. The Balaban J connectivity index is 1.88. The quantitative estimate of drug-likeness (QED) is 0.822. The highest BCUT2D eigenvalue weighted by atomic mass is 16.5. The van der Waals surface area contributed by atoms with Crippen molar-refractivity contribution in [2.75, 3.05) is 30.8 Å². The van der Waals surface area contributed by atoms with Crippen LogP contribution in [0.15, 0.2) is 18.3 Å². The SMILES string of the molecule is CCC1OCCC1CNc1ccnc(NC)c1. The molecular formula is C13H21N3O. The van der Waals surface area contributed by atoms with Gasteiger partial charge < -0.3 is 15.4 Å². The second-order valence-electron chi connectivity index (χ2n) is 4.43. The molecule has 0 aliphatic carbocycles. The normalized spacial score (nSPS) is 23.6. The van der Waals surface area contributed by atoms with Gasteiger partial charge in [0.25, 0.3) is 0 Å². The van der Waals surface area contributed by atoms with Gasteiger partial charge in [-0.3, -0.25) is 0 Å². The number of hydrogen-bond donors (Lipinski definition) is 2. The highest BCUT2D eigenvalue weighted by Crippen LogP contribution is 2.24. The Kier molecular flexibility index (Phi) is 4.20. The second kappa shape index (κ2) is 5.87. The third-order valence-corrected chi connectivity index (χ3v) is 3.33. The summed E-state index contributed by atoms with van der Waals surface area (Å²) >= 11 is 0. The summed E-state index contributed by atoms with van der Waals surface area (Å²) < 4.78 is 5.68. The molecule has 2 N–H and O–H groups in total. The van der Waals surface area contributed by atoms with Gasteiger partial charge in [-0.15, -0.1) is 0 Å². The summed E-state index contributed by atoms with van der Waals surface area (Å²) in [6, 6.07) is 4.02. The monoisotopic (exact) mass is 235 g/mol. The maximum Gasteiger partial charge on any atom is 0.127 e. The third kappa shape index (κ3) is 3.09. The summed E-state index contributed by atoms with van der Waals surface area (Å²) in [5.41, 5.74) is 1.12. The number of anilines is 2. The van der Waals surface area contributed by atoms with Crippen LogP contribution in [0, 0.1) is 5.92 Å². The van der Waals surface area contributed by atoms with Gasteiger partial charge >= 0.3 is 0 Å². The topological polar surface area (TPSA) is 46.2 Å². The molecular weight excluding hydrogens is 214 g/mol. The molecule has 2 unspecified atom stereocenters. The molecule has 1 aliphatic heterocycles. The summed E-state index contributed by atoms with van der Waals surface area (Å²) in [5, 5.41) is 6.51. The van der Waals surface area contributed by atoms with Crippen molar-refractivity contribution >= 4 is 11.5 Å². The van der Waals surface area contributed by atoms with Crippen molar-refractivity contribution in [1.29, 1.82) is 0 Å². The number of aromatic nitrogens is 1. The summed E-state index contributed by atoms with van der Waals surface area (Å²) in [6.07, 6.45) is 4.50. The Bertz CT molecular complexity index is 356. The van der Waals surface area contributed by atoms with E-state index in [1.807, 2.05) is 25.4 Å². The molecule has 0 radical (unpaired) electrons. The van der Waals surface area contributed by atoms with Crippen LogP contribution in [0.3, 0.4) is 0 Å². The first-order valence-corrected chi connectivity index (χ1v) is 6.32. The molecule has 0 amide bonds. The molecule has 0 aromatic carbocycles. The predicted molar refractivity (Wildman–Crippen MR) is 70.4 cm³/mol. The van der Waals surface area contributed by atoms with E-state index in [1.165, 1.54) is 0 Å². The molecule has 4 nitrogen and oxygen atoms in total. The molecule has 1 fully saturated rings. The van der Waals surface area contributed by atoms with E-state index in [4.69, 9.17) is 4.74 Å². The van der Waals surface area contributed by atoms with Crippen molar-refractivity contribution in [3.8, 4) is 0 Å². The number of ether oxygens (including phenoxy) is 1. The first kappa shape index (κ1) is 12.2. The number of rotatable bonds is 5. The van der Waals surface area contributed by atoms with E-state index in [0.29, 0.717) is 12.0 Å². The van der Waals surface area contributed by atoms with Crippen molar-refractivity contribution < 1.29 is 4.74 Å². The van der Waals surface area contributed by atoms with E-state index in [2.05, 4.69) is 22.5 Å². The van der Waals surface area contributed by atoms with Crippen LogP contribution in [0.25, 0.3) is 0 Å². The molecule has 2 atom stereocenters. The van der Waals surface area contributed by atoms with Crippen molar-refractivity contribution in [2.24, 2.45) is 5.92 Å². The van der Waals surface area contributed by atoms with Gasteiger partial charge in [0.15, 0.2) is 0 Å². The maximum atomic E-state index is 5.68. The van der Waals surface area contributed by atoms with Crippen LogP contribution in [0.2, 0.25) is 0 Å². The fourth-order valence-electron chi connectivity index (χ4n) is 2.30. The number of pyridine rings is 1. The van der Waals surface area contributed by atoms with E-state index in [9.17, 15) is 0 Å². The Morgan fingerprint density at radius 3 is 3.18 bits per heavy atom. The smallest absolute Gasteiger partial charge is 0.127 e. The lowest BCUT2D eigenvalue weighted by atomic mass is 9.99. The standard InChI is InChI=1S/C13H21N3O/c1-3-12-10(5-7-17-12)9-16-11-4-6-15-13(8-11)14-2/h4,6,8,10,12H,3,5,7,9H2,1-2H3,(H2,14,15,16). The van der Waals surface area contributed by atoms with Crippen molar-refractivity contribution in [2.45, 2.75) is 25.9 Å². The van der Waals surface area contributed by atoms with Crippen LogP contribution in [0.1, 0.15) is 19.8 Å². The van der Waals surface area contributed by atoms with Crippen molar-refractivity contribution in [3.63, 3.8) is 0 Å². The van der Waals surface area contributed by atoms with Gasteiger partial charge in [0, 0.05) is 44.1 Å². The number of nitrogens with zero attached hydrogens (tertiary/aromatic N) is 1. The Morgan fingerprint density at radius 1 is 1.53 bits per heavy atom. The van der Waals surface area contributed by atoms with Gasteiger partial charge in [-0.1, -0.05) is 6.92 Å². The maximum absolute atomic E-state index is 5.68. The van der Waals surface area contributed by atoms with E-state index >= 15 is 0 Å². The first-order chi connectivity index (χ1) is 8.33. The van der Waals surface area contributed by atoms with Crippen molar-refractivity contribution in [1.82, 2.24) is 4.98 Å². The lowest BCUT2D eigenvalue weighted by Crippen LogP contribution is -2.22. The van der Waals surface area contributed by atoms with Crippen LogP contribution in [0.4, 0.5) is 11.5 Å². The molecule has 2 heterocycles. The fourth-order valence-corrected chi connectivity index (χ4v) is 2.30. The molecule has 1 aromatic heterocycles. The predicted octanol–water partition coefficient (Wildman–Crippen LogP) is 2.35.